The van der Waals surface area contributed by atoms with Gasteiger partial charge in [-0.15, -0.1) is 0 Å². The van der Waals surface area contributed by atoms with Crippen molar-refractivity contribution in [2.24, 2.45) is 5.92 Å². The maximum absolute atomic E-state index is 12.9. The quantitative estimate of drug-likeness (QED) is 0.425. The molecule has 3 heterocycles. The minimum absolute atomic E-state index is 0.109. The molecule has 0 unspecified atom stereocenters. The average molecular weight is 480 g/mol. The summed E-state index contributed by atoms with van der Waals surface area (Å²) in [5.74, 6) is 1.14. The lowest BCUT2D eigenvalue weighted by atomic mass is 10.0. The Bertz CT molecular complexity index is 1140. The van der Waals surface area contributed by atoms with E-state index >= 15 is 0 Å². The van der Waals surface area contributed by atoms with E-state index in [0.717, 1.165) is 64.9 Å². The number of nitrogens with zero attached hydrogens (tertiary/aromatic N) is 4. The van der Waals surface area contributed by atoms with Crippen LogP contribution in [-0.4, -0.2) is 53.2 Å². The van der Waals surface area contributed by atoms with Gasteiger partial charge in [0.05, 0.1) is 28.7 Å². The van der Waals surface area contributed by atoms with Gasteiger partial charge in [-0.25, -0.2) is 4.98 Å². The monoisotopic (exact) mass is 479 g/mol. The van der Waals surface area contributed by atoms with Crippen LogP contribution in [0, 0.1) is 5.92 Å². The van der Waals surface area contributed by atoms with Gasteiger partial charge in [0.1, 0.15) is 5.82 Å². The lowest BCUT2D eigenvalue weighted by Crippen LogP contribution is -2.45. The van der Waals surface area contributed by atoms with E-state index in [1.54, 1.807) is 17.3 Å². The molecule has 0 bridgehead atoms. The van der Waals surface area contributed by atoms with Crippen molar-refractivity contribution in [3.63, 3.8) is 0 Å². The molecule has 3 aromatic rings. The van der Waals surface area contributed by atoms with Crippen LogP contribution in [0.5, 0.6) is 0 Å². The average Bonchev–Trinajstić information content (AvgIpc) is 3.65. The van der Waals surface area contributed by atoms with E-state index in [1.807, 2.05) is 30.3 Å². The number of hydrogen-bond acceptors (Lipinski definition) is 6. The Kier molecular flexibility index (Phi) is 5.31. The number of halogens is 1. The highest BCUT2D eigenvalue weighted by atomic mass is 79.9. The number of benzene rings is 1. The predicted molar refractivity (Wildman–Crippen MR) is 124 cm³/mol. The van der Waals surface area contributed by atoms with Crippen molar-refractivity contribution in [3.05, 3.63) is 52.8 Å². The number of carbonyl (C=O) groups is 2. The molecule has 2 fully saturated rings. The number of pyridine rings is 2. The first-order chi connectivity index (χ1) is 15.1. The maximum atomic E-state index is 12.9. The lowest BCUT2D eigenvalue weighted by molar-refractivity contribution is -0.118. The molecule has 2 aromatic heterocycles. The van der Waals surface area contributed by atoms with Crippen LogP contribution in [0.2, 0.25) is 0 Å². The summed E-state index contributed by atoms with van der Waals surface area (Å²) in [7, 11) is 0. The van der Waals surface area contributed by atoms with Gasteiger partial charge in [0.25, 0.3) is 0 Å². The molecular formula is C23H22BrN5O2. The minimum atomic E-state index is 0.109. The second-order valence-corrected chi connectivity index (χ2v) is 8.92. The molecule has 0 radical (unpaired) electrons. The Morgan fingerprint density at radius 1 is 1.06 bits per heavy atom. The third kappa shape index (κ3) is 4.12. The van der Waals surface area contributed by atoms with E-state index in [2.05, 4.69) is 36.1 Å². The first kappa shape index (κ1) is 19.9. The third-order valence-electron chi connectivity index (χ3n) is 5.85. The molecule has 31 heavy (non-hydrogen) atoms. The van der Waals surface area contributed by atoms with Gasteiger partial charge in [-0.2, -0.15) is 0 Å². The van der Waals surface area contributed by atoms with Crippen LogP contribution in [0.15, 0.2) is 47.2 Å². The Balaban J connectivity index is 1.44. The number of ketones is 1. The largest absolute Gasteiger partial charge is 0.353 e. The van der Waals surface area contributed by atoms with Crippen molar-refractivity contribution in [2.75, 3.05) is 36.4 Å². The van der Waals surface area contributed by atoms with E-state index in [-0.39, 0.29) is 11.7 Å². The zero-order chi connectivity index (χ0) is 21.4. The van der Waals surface area contributed by atoms with Crippen molar-refractivity contribution < 1.29 is 9.59 Å². The molecule has 7 nitrogen and oxygen atoms in total. The number of rotatable bonds is 6. The van der Waals surface area contributed by atoms with Gasteiger partial charge in [-0.3, -0.25) is 14.6 Å². The highest BCUT2D eigenvalue weighted by Crippen LogP contribution is 2.38. The van der Waals surface area contributed by atoms with E-state index < -0.39 is 0 Å². The number of anilines is 3. The predicted octanol–water partition coefficient (Wildman–Crippen LogP) is 4.01. The third-order valence-corrected chi connectivity index (χ3v) is 6.34. The molecule has 2 aliphatic rings. The Labute approximate surface area is 188 Å². The Morgan fingerprint density at radius 3 is 2.55 bits per heavy atom. The molecule has 1 amide bonds. The zero-order valence-electron chi connectivity index (χ0n) is 16.9. The smallest absolute Gasteiger partial charge is 0.209 e. The second kappa shape index (κ2) is 8.26. The second-order valence-electron chi connectivity index (χ2n) is 8.01. The molecule has 5 rings (SSSR count). The summed E-state index contributed by atoms with van der Waals surface area (Å²) in [4.78, 5) is 36.9. The molecule has 1 aromatic carbocycles. The summed E-state index contributed by atoms with van der Waals surface area (Å²) in [6.07, 6.45) is 6.27. The maximum Gasteiger partial charge on any atom is 0.209 e. The minimum Gasteiger partial charge on any atom is -0.353 e. The molecule has 1 aliphatic carbocycles. The molecular weight excluding hydrogens is 458 g/mol. The van der Waals surface area contributed by atoms with Gasteiger partial charge < -0.3 is 15.1 Å². The molecule has 1 saturated heterocycles. The summed E-state index contributed by atoms with van der Waals surface area (Å²) in [5.41, 5.74) is 3.04. The number of fused-ring (bicyclic) bond motifs is 1. The highest BCUT2D eigenvalue weighted by molar-refractivity contribution is 9.10. The van der Waals surface area contributed by atoms with Gasteiger partial charge in [-0.1, -0.05) is 15.9 Å². The summed E-state index contributed by atoms with van der Waals surface area (Å²) in [6, 6.07) is 9.83. The lowest BCUT2D eigenvalue weighted by Gasteiger charge is -2.33. The number of nitrogens with one attached hydrogen (secondary N) is 1. The van der Waals surface area contributed by atoms with Gasteiger partial charge >= 0.3 is 0 Å². The SMILES string of the molecule is O=CN1CCN(c2ccc(Nc3c(C(=O)C4CC4)cnc4ccc(Br)cc34)cn2)CC1. The highest BCUT2D eigenvalue weighted by Gasteiger charge is 2.32. The van der Waals surface area contributed by atoms with Gasteiger partial charge in [-0.05, 0) is 43.2 Å². The number of aromatic nitrogens is 2. The normalized spacial score (nSPS) is 16.4. The molecule has 1 N–H and O–H groups in total. The van der Waals surface area contributed by atoms with Crippen LogP contribution in [0.3, 0.4) is 0 Å². The number of Topliss-reactive ketones (excluding diaryl/α,β-unsaturated/α-hetero) is 1. The van der Waals surface area contributed by atoms with Crippen molar-refractivity contribution in [1.29, 1.82) is 0 Å². The van der Waals surface area contributed by atoms with E-state index in [1.165, 1.54) is 0 Å². The van der Waals surface area contributed by atoms with Crippen molar-refractivity contribution in [1.82, 2.24) is 14.9 Å². The fourth-order valence-electron chi connectivity index (χ4n) is 3.90. The fourth-order valence-corrected chi connectivity index (χ4v) is 4.26. The van der Waals surface area contributed by atoms with Crippen LogP contribution in [-0.2, 0) is 4.79 Å². The number of hydrogen-bond donors (Lipinski definition) is 1. The standard InChI is InChI=1S/C23H22BrN5O2/c24-16-3-5-20-18(11-16)22(19(13-25-20)23(31)15-1-2-15)27-17-4-6-21(26-12-17)29-9-7-28(14-30)8-10-29/h3-6,11-15H,1-2,7-10H2,(H,25,27). The Hall–Kier alpha value is -3.00. The van der Waals surface area contributed by atoms with Crippen molar-refractivity contribution in [2.45, 2.75) is 12.8 Å². The van der Waals surface area contributed by atoms with Crippen LogP contribution < -0.4 is 10.2 Å². The van der Waals surface area contributed by atoms with Crippen LogP contribution >= 0.6 is 15.9 Å². The molecule has 1 aliphatic heterocycles. The van der Waals surface area contributed by atoms with Crippen LogP contribution in [0.4, 0.5) is 17.2 Å². The molecule has 0 atom stereocenters. The number of carbonyl (C=O) groups excluding carboxylic acids is 2. The topological polar surface area (TPSA) is 78.4 Å². The first-order valence-electron chi connectivity index (χ1n) is 10.4. The van der Waals surface area contributed by atoms with Crippen LogP contribution in [0.1, 0.15) is 23.2 Å². The number of amides is 1. The summed E-state index contributed by atoms with van der Waals surface area (Å²) < 4.78 is 0.934. The van der Waals surface area contributed by atoms with Crippen molar-refractivity contribution >= 4 is 56.2 Å². The van der Waals surface area contributed by atoms with Crippen molar-refractivity contribution in [3.8, 4) is 0 Å². The van der Waals surface area contributed by atoms with Gasteiger partial charge in [0.2, 0.25) is 6.41 Å². The summed E-state index contributed by atoms with van der Waals surface area (Å²) in [5, 5.41) is 4.33. The molecule has 158 valence electrons. The zero-order valence-corrected chi connectivity index (χ0v) is 18.5. The van der Waals surface area contributed by atoms with Gasteiger partial charge in [0, 0.05) is 48.2 Å². The summed E-state index contributed by atoms with van der Waals surface area (Å²) in [6.45, 7) is 2.94. The fraction of sp³-hybridized carbons (Fsp3) is 0.304. The van der Waals surface area contributed by atoms with E-state index in [4.69, 9.17) is 0 Å². The molecule has 0 spiro atoms. The molecule has 8 heteroatoms. The van der Waals surface area contributed by atoms with E-state index in [0.29, 0.717) is 18.7 Å². The van der Waals surface area contributed by atoms with Crippen LogP contribution in [0.25, 0.3) is 10.9 Å². The number of piperazine rings is 1. The Morgan fingerprint density at radius 2 is 1.87 bits per heavy atom. The van der Waals surface area contributed by atoms with E-state index in [9.17, 15) is 9.59 Å². The molecule has 1 saturated carbocycles. The first-order valence-corrected chi connectivity index (χ1v) is 11.2. The summed E-state index contributed by atoms with van der Waals surface area (Å²) >= 11 is 3.53. The van der Waals surface area contributed by atoms with Gasteiger partial charge in [0.15, 0.2) is 5.78 Å².